The summed E-state index contributed by atoms with van der Waals surface area (Å²) in [6.07, 6.45) is 3.48. The van der Waals surface area contributed by atoms with E-state index in [2.05, 4.69) is 5.48 Å². The molecule has 1 N–H and O–H groups in total. The Labute approximate surface area is 123 Å². The highest BCUT2D eigenvalue weighted by Gasteiger charge is 2.02. The van der Waals surface area contributed by atoms with E-state index in [4.69, 9.17) is 14.0 Å². The van der Waals surface area contributed by atoms with E-state index in [0.29, 0.717) is 13.2 Å². The molecular weight excluding hydrogens is 270 g/mol. The maximum absolute atomic E-state index is 11.5. The molecule has 0 aliphatic heterocycles. The zero-order valence-corrected chi connectivity index (χ0v) is 11.8. The van der Waals surface area contributed by atoms with Crippen molar-refractivity contribution in [1.29, 1.82) is 0 Å². The number of carbonyl (C=O) groups is 1. The average Bonchev–Trinajstić information content (AvgIpc) is 3.01. The first-order valence-corrected chi connectivity index (χ1v) is 6.95. The van der Waals surface area contributed by atoms with E-state index in [1.807, 2.05) is 42.5 Å². The summed E-state index contributed by atoms with van der Waals surface area (Å²) in [5, 5.41) is 0. The third kappa shape index (κ3) is 6.14. The summed E-state index contributed by atoms with van der Waals surface area (Å²) in [5.74, 6) is 1.48. The Hall–Kier alpha value is -2.27. The van der Waals surface area contributed by atoms with Crippen LogP contribution >= 0.6 is 0 Å². The summed E-state index contributed by atoms with van der Waals surface area (Å²) in [4.78, 5) is 16.6. The van der Waals surface area contributed by atoms with Gasteiger partial charge in [0.2, 0.25) is 5.91 Å². The summed E-state index contributed by atoms with van der Waals surface area (Å²) in [7, 11) is 0. The van der Waals surface area contributed by atoms with E-state index >= 15 is 0 Å². The number of hydroxylamine groups is 1. The quantitative estimate of drug-likeness (QED) is 0.569. The molecule has 1 aromatic carbocycles. The van der Waals surface area contributed by atoms with Crippen molar-refractivity contribution in [3.05, 3.63) is 54.5 Å². The number of ether oxygens (including phenoxy) is 1. The van der Waals surface area contributed by atoms with Crippen LogP contribution in [-0.4, -0.2) is 19.1 Å². The van der Waals surface area contributed by atoms with Crippen LogP contribution in [0.15, 0.2) is 53.1 Å². The van der Waals surface area contributed by atoms with E-state index < -0.39 is 0 Å². The third-order valence-corrected chi connectivity index (χ3v) is 2.78. The van der Waals surface area contributed by atoms with Gasteiger partial charge in [-0.1, -0.05) is 18.2 Å². The van der Waals surface area contributed by atoms with Crippen molar-refractivity contribution in [1.82, 2.24) is 5.48 Å². The Morgan fingerprint density at radius 2 is 1.95 bits per heavy atom. The second-order valence-electron chi connectivity index (χ2n) is 4.47. The van der Waals surface area contributed by atoms with Crippen LogP contribution in [0.1, 0.15) is 18.6 Å². The van der Waals surface area contributed by atoms with Gasteiger partial charge in [-0.15, -0.1) is 0 Å². The number of para-hydroxylation sites is 1. The Morgan fingerprint density at radius 3 is 2.71 bits per heavy atom. The van der Waals surface area contributed by atoms with Crippen LogP contribution in [0.3, 0.4) is 0 Å². The number of hydrogen-bond donors (Lipinski definition) is 1. The van der Waals surface area contributed by atoms with Crippen LogP contribution in [0.4, 0.5) is 0 Å². The predicted molar refractivity (Wildman–Crippen MR) is 77.7 cm³/mol. The lowest BCUT2D eigenvalue weighted by Crippen LogP contribution is -2.25. The molecule has 1 amide bonds. The Morgan fingerprint density at radius 1 is 1.10 bits per heavy atom. The number of aryl methyl sites for hydroxylation is 1. The highest BCUT2D eigenvalue weighted by atomic mass is 16.6. The van der Waals surface area contributed by atoms with E-state index in [1.54, 1.807) is 6.26 Å². The van der Waals surface area contributed by atoms with Gasteiger partial charge in [0.25, 0.3) is 0 Å². The van der Waals surface area contributed by atoms with Crippen molar-refractivity contribution in [2.75, 3.05) is 13.2 Å². The lowest BCUT2D eigenvalue weighted by molar-refractivity contribution is -0.134. The minimum Gasteiger partial charge on any atom is -0.493 e. The SMILES string of the molecule is O=C(CCOc1ccccc1)NOCCCc1ccco1. The maximum Gasteiger partial charge on any atom is 0.246 e. The monoisotopic (exact) mass is 289 g/mol. The fraction of sp³-hybridized carbons (Fsp3) is 0.312. The topological polar surface area (TPSA) is 60.7 Å². The molecule has 1 heterocycles. The zero-order chi connectivity index (χ0) is 14.8. The summed E-state index contributed by atoms with van der Waals surface area (Å²) >= 11 is 0. The molecule has 112 valence electrons. The van der Waals surface area contributed by atoms with Gasteiger partial charge in [0, 0.05) is 6.42 Å². The molecule has 0 atom stereocenters. The van der Waals surface area contributed by atoms with Crippen molar-refractivity contribution in [3.8, 4) is 5.75 Å². The van der Waals surface area contributed by atoms with E-state index in [-0.39, 0.29) is 12.3 Å². The van der Waals surface area contributed by atoms with Gasteiger partial charge in [0.15, 0.2) is 0 Å². The van der Waals surface area contributed by atoms with Crippen molar-refractivity contribution >= 4 is 5.91 Å². The molecule has 0 unspecified atom stereocenters. The van der Waals surface area contributed by atoms with Crippen molar-refractivity contribution < 1.29 is 18.8 Å². The molecular formula is C16H19NO4. The van der Waals surface area contributed by atoms with Gasteiger partial charge < -0.3 is 9.15 Å². The molecule has 0 radical (unpaired) electrons. The lowest BCUT2D eigenvalue weighted by atomic mass is 10.3. The summed E-state index contributed by atoms with van der Waals surface area (Å²) in [6.45, 7) is 0.775. The fourth-order valence-electron chi connectivity index (χ4n) is 1.73. The minimum atomic E-state index is -0.191. The van der Waals surface area contributed by atoms with Crippen LogP contribution in [-0.2, 0) is 16.1 Å². The molecule has 0 bridgehead atoms. The number of furan rings is 1. The molecule has 0 aliphatic carbocycles. The smallest absolute Gasteiger partial charge is 0.246 e. The van der Waals surface area contributed by atoms with Crippen LogP contribution in [0.25, 0.3) is 0 Å². The van der Waals surface area contributed by atoms with Crippen LogP contribution in [0, 0.1) is 0 Å². The highest BCUT2D eigenvalue weighted by Crippen LogP contribution is 2.08. The van der Waals surface area contributed by atoms with Gasteiger partial charge >= 0.3 is 0 Å². The van der Waals surface area contributed by atoms with Gasteiger partial charge in [-0.2, -0.15) is 0 Å². The number of rotatable bonds is 9. The lowest BCUT2D eigenvalue weighted by Gasteiger charge is -2.07. The predicted octanol–water partition coefficient (Wildman–Crippen LogP) is 2.73. The molecule has 5 nitrogen and oxygen atoms in total. The Bertz CT molecular complexity index is 510. The molecule has 0 saturated heterocycles. The second kappa shape index (κ2) is 8.81. The molecule has 1 aromatic heterocycles. The molecule has 5 heteroatoms. The summed E-state index contributed by atoms with van der Waals surface area (Å²) in [5.41, 5.74) is 2.40. The number of carbonyl (C=O) groups excluding carboxylic acids is 1. The fourth-order valence-corrected chi connectivity index (χ4v) is 1.73. The Balaban J connectivity index is 1.48. The first kappa shape index (κ1) is 15.1. The highest BCUT2D eigenvalue weighted by molar-refractivity contribution is 5.74. The molecule has 0 fully saturated rings. The normalized spacial score (nSPS) is 10.3. The summed E-state index contributed by atoms with van der Waals surface area (Å²) < 4.78 is 10.6. The van der Waals surface area contributed by atoms with Crippen molar-refractivity contribution in [2.24, 2.45) is 0 Å². The largest absolute Gasteiger partial charge is 0.493 e. The molecule has 0 aliphatic rings. The van der Waals surface area contributed by atoms with Crippen LogP contribution in [0.5, 0.6) is 5.75 Å². The van der Waals surface area contributed by atoms with E-state index in [9.17, 15) is 4.79 Å². The molecule has 21 heavy (non-hydrogen) atoms. The number of hydrogen-bond acceptors (Lipinski definition) is 4. The summed E-state index contributed by atoms with van der Waals surface area (Å²) in [6, 6.07) is 13.2. The van der Waals surface area contributed by atoms with E-state index in [1.165, 1.54) is 0 Å². The third-order valence-electron chi connectivity index (χ3n) is 2.78. The van der Waals surface area contributed by atoms with E-state index in [0.717, 1.165) is 24.4 Å². The zero-order valence-electron chi connectivity index (χ0n) is 11.8. The molecule has 2 rings (SSSR count). The maximum atomic E-state index is 11.5. The van der Waals surface area contributed by atoms with Crippen LogP contribution < -0.4 is 10.2 Å². The number of amides is 1. The van der Waals surface area contributed by atoms with Gasteiger partial charge in [-0.3, -0.25) is 9.63 Å². The first-order valence-electron chi connectivity index (χ1n) is 6.95. The van der Waals surface area contributed by atoms with Gasteiger partial charge in [-0.25, -0.2) is 5.48 Å². The van der Waals surface area contributed by atoms with Gasteiger partial charge in [0.1, 0.15) is 11.5 Å². The Kier molecular flexibility index (Phi) is 6.35. The number of benzene rings is 1. The molecule has 0 saturated carbocycles. The molecule has 0 spiro atoms. The van der Waals surface area contributed by atoms with Crippen molar-refractivity contribution in [3.63, 3.8) is 0 Å². The van der Waals surface area contributed by atoms with Crippen LogP contribution in [0.2, 0.25) is 0 Å². The first-order chi connectivity index (χ1) is 10.3. The molecule has 2 aromatic rings. The average molecular weight is 289 g/mol. The van der Waals surface area contributed by atoms with Gasteiger partial charge in [-0.05, 0) is 30.7 Å². The number of nitrogens with one attached hydrogen (secondary N) is 1. The van der Waals surface area contributed by atoms with Crippen molar-refractivity contribution in [2.45, 2.75) is 19.3 Å². The second-order valence-corrected chi connectivity index (χ2v) is 4.47. The minimum absolute atomic E-state index is 0.191. The van der Waals surface area contributed by atoms with Gasteiger partial charge in [0.05, 0.1) is 25.9 Å². The standard InChI is InChI=1S/C16H19NO4/c18-16(10-13-20-14-6-2-1-3-7-14)17-21-12-5-9-15-8-4-11-19-15/h1-4,6-8,11H,5,9-10,12-13H2,(H,17,18).